The summed E-state index contributed by atoms with van der Waals surface area (Å²) in [6, 6.07) is 10.2. The molecule has 0 fully saturated rings. The van der Waals surface area contributed by atoms with Crippen LogP contribution in [0.5, 0.6) is 0 Å². The van der Waals surface area contributed by atoms with E-state index in [1.165, 1.54) is 36.4 Å². The van der Waals surface area contributed by atoms with Crippen LogP contribution in [0.2, 0.25) is 5.15 Å². The molecule has 5 N–H and O–H groups in total. The number of carbonyl (C=O) groups is 1. The van der Waals surface area contributed by atoms with E-state index in [9.17, 15) is 18.5 Å². The number of fused-ring (bicyclic) bond motifs is 1. The van der Waals surface area contributed by atoms with Crippen molar-refractivity contribution in [3.8, 4) is 6.07 Å². The van der Waals surface area contributed by atoms with Crippen molar-refractivity contribution in [1.29, 1.82) is 5.26 Å². The predicted molar refractivity (Wildman–Crippen MR) is 135 cm³/mol. The smallest absolute Gasteiger partial charge is 0.263 e. The highest BCUT2D eigenvalue weighted by atomic mass is 35.5. The molecule has 0 bridgehead atoms. The number of rotatable bonds is 6. The average Bonchev–Trinajstić information content (AvgIpc) is 3.14. The molecule has 0 radical (unpaired) electrons. The molecule has 1 aromatic carbocycles. The van der Waals surface area contributed by atoms with Gasteiger partial charge in [0.15, 0.2) is 11.0 Å². The van der Waals surface area contributed by atoms with Crippen molar-refractivity contribution in [2.45, 2.75) is 24.7 Å². The summed E-state index contributed by atoms with van der Waals surface area (Å²) < 4.78 is 27.6. The number of thiophene rings is 1. The number of ketones is 1. The number of nitrogens with one attached hydrogen (secondary N) is 1. The van der Waals surface area contributed by atoms with E-state index in [4.69, 9.17) is 23.1 Å². The largest absolute Gasteiger partial charge is 0.397 e. The molecule has 4 rings (SSSR count). The van der Waals surface area contributed by atoms with E-state index in [0.29, 0.717) is 15.8 Å². The van der Waals surface area contributed by atoms with Crippen LogP contribution in [0.1, 0.15) is 46.1 Å². The number of pyridine rings is 1. The van der Waals surface area contributed by atoms with Crippen LogP contribution in [-0.4, -0.2) is 29.4 Å². The summed E-state index contributed by atoms with van der Waals surface area (Å²) in [5.74, 6) is -0.411. The highest BCUT2D eigenvalue weighted by Crippen LogP contribution is 2.41. The number of anilines is 3. The lowest BCUT2D eigenvalue weighted by Gasteiger charge is -2.12. The Morgan fingerprint density at radius 3 is 2.40 bits per heavy atom. The standard InChI is InChI=1S/C22H18ClN7O3S2/c1-10(2)16-13(9-24)21(26)27-22-17(16)18(25)20(34-22)19(31)11-3-5-12(6-4-11)35(32,33)30-15-8-7-14(23)28-29-15/h3-8,10H,25H2,1-2H3,(H2,26,27)(H,29,30). The Morgan fingerprint density at radius 1 is 1.14 bits per heavy atom. The topological polar surface area (TPSA) is 178 Å². The van der Waals surface area contributed by atoms with Crippen molar-refractivity contribution in [1.82, 2.24) is 15.2 Å². The summed E-state index contributed by atoms with van der Waals surface area (Å²) >= 11 is 6.74. The first-order valence-electron chi connectivity index (χ1n) is 10.1. The molecule has 0 unspecified atom stereocenters. The van der Waals surface area contributed by atoms with Crippen LogP contribution in [0.4, 0.5) is 17.3 Å². The SMILES string of the molecule is CC(C)c1c(C#N)c(N)nc2sc(C(=O)c3ccc(S(=O)(=O)Nc4ccc(Cl)nn4)cc3)c(N)c12. The molecule has 0 saturated carbocycles. The molecule has 10 nitrogen and oxygen atoms in total. The molecule has 0 saturated heterocycles. The maximum atomic E-state index is 13.3. The van der Waals surface area contributed by atoms with E-state index < -0.39 is 15.8 Å². The number of aromatic nitrogens is 3. The number of nitrogen functional groups attached to an aromatic ring is 2. The maximum absolute atomic E-state index is 13.3. The van der Waals surface area contributed by atoms with E-state index in [1.54, 1.807) is 0 Å². The minimum Gasteiger partial charge on any atom is -0.397 e. The molecular formula is C22H18ClN7O3S2. The molecule has 0 aliphatic carbocycles. The number of hydrogen-bond acceptors (Lipinski definition) is 10. The summed E-state index contributed by atoms with van der Waals surface area (Å²) in [4.78, 5) is 18.1. The minimum atomic E-state index is -3.97. The highest BCUT2D eigenvalue weighted by Gasteiger charge is 2.25. The third kappa shape index (κ3) is 4.49. The molecule has 35 heavy (non-hydrogen) atoms. The number of halogens is 1. The second-order valence-corrected chi connectivity index (χ2v) is 10.8. The van der Waals surface area contributed by atoms with Crippen molar-refractivity contribution in [2.24, 2.45) is 0 Å². The molecule has 3 heterocycles. The van der Waals surface area contributed by atoms with Crippen molar-refractivity contribution in [2.75, 3.05) is 16.2 Å². The van der Waals surface area contributed by atoms with Crippen LogP contribution in [0, 0.1) is 11.3 Å². The van der Waals surface area contributed by atoms with Gasteiger partial charge >= 0.3 is 0 Å². The second kappa shape index (κ2) is 9.10. The molecular weight excluding hydrogens is 510 g/mol. The zero-order chi connectivity index (χ0) is 25.5. The van der Waals surface area contributed by atoms with E-state index in [1.807, 2.05) is 13.8 Å². The lowest BCUT2D eigenvalue weighted by Crippen LogP contribution is -2.14. The van der Waals surface area contributed by atoms with Crippen LogP contribution in [0.25, 0.3) is 10.2 Å². The fourth-order valence-corrected chi connectivity index (χ4v) is 5.72. The summed E-state index contributed by atoms with van der Waals surface area (Å²) in [6.07, 6.45) is 0. The molecule has 0 spiro atoms. The molecule has 0 atom stereocenters. The highest BCUT2D eigenvalue weighted by molar-refractivity contribution is 7.92. The van der Waals surface area contributed by atoms with E-state index >= 15 is 0 Å². The zero-order valence-electron chi connectivity index (χ0n) is 18.4. The maximum Gasteiger partial charge on any atom is 0.263 e. The average molecular weight is 528 g/mol. The third-order valence-electron chi connectivity index (χ3n) is 5.14. The summed E-state index contributed by atoms with van der Waals surface area (Å²) in [7, 11) is -3.97. The fraction of sp³-hybridized carbons (Fsp3) is 0.136. The van der Waals surface area contributed by atoms with Gasteiger partial charge in [0.05, 0.1) is 16.1 Å². The Bertz CT molecular complexity index is 1610. The van der Waals surface area contributed by atoms with E-state index in [-0.39, 0.29) is 49.3 Å². The summed E-state index contributed by atoms with van der Waals surface area (Å²) in [6.45, 7) is 3.80. The lowest BCUT2D eigenvalue weighted by atomic mass is 9.94. The molecule has 4 aromatic rings. The number of nitriles is 1. The van der Waals surface area contributed by atoms with Gasteiger partial charge in [0, 0.05) is 10.9 Å². The molecule has 3 aromatic heterocycles. The van der Waals surface area contributed by atoms with Gasteiger partial charge in [-0.1, -0.05) is 25.4 Å². The predicted octanol–water partition coefficient (Wildman–Crippen LogP) is 3.93. The monoisotopic (exact) mass is 527 g/mol. The number of nitrogens with two attached hydrogens (primary N) is 2. The first-order valence-corrected chi connectivity index (χ1v) is 12.8. The second-order valence-electron chi connectivity index (χ2n) is 7.78. The first-order chi connectivity index (χ1) is 16.5. The minimum absolute atomic E-state index is 0.00271. The first kappa shape index (κ1) is 24.3. The third-order valence-corrected chi connectivity index (χ3v) is 7.81. The molecule has 0 aliphatic heterocycles. The zero-order valence-corrected chi connectivity index (χ0v) is 20.8. The van der Waals surface area contributed by atoms with Crippen LogP contribution in [0.15, 0.2) is 41.3 Å². The van der Waals surface area contributed by atoms with Gasteiger partial charge in [-0.3, -0.25) is 9.52 Å². The van der Waals surface area contributed by atoms with Gasteiger partial charge < -0.3 is 11.5 Å². The van der Waals surface area contributed by atoms with Crippen molar-refractivity contribution in [3.63, 3.8) is 0 Å². The number of sulfonamides is 1. The summed E-state index contributed by atoms with van der Waals surface area (Å²) in [5, 5.41) is 17.5. The van der Waals surface area contributed by atoms with Gasteiger partial charge in [-0.05, 0) is 47.9 Å². The Kier molecular flexibility index (Phi) is 6.33. The fourth-order valence-electron chi connectivity index (χ4n) is 3.55. The van der Waals surface area contributed by atoms with Gasteiger partial charge in [0.25, 0.3) is 10.0 Å². The molecule has 178 valence electrons. The number of carbonyl (C=O) groups excluding carboxylic acids is 1. The van der Waals surface area contributed by atoms with Crippen LogP contribution in [-0.2, 0) is 10.0 Å². The Balaban J connectivity index is 1.69. The number of hydrogen-bond donors (Lipinski definition) is 3. The van der Waals surface area contributed by atoms with E-state index in [2.05, 4.69) is 26.0 Å². The number of benzene rings is 1. The van der Waals surface area contributed by atoms with Crippen molar-refractivity contribution >= 4 is 66.3 Å². The Labute approximate surface area is 209 Å². The van der Waals surface area contributed by atoms with Gasteiger partial charge in [-0.2, -0.15) is 5.26 Å². The van der Waals surface area contributed by atoms with Gasteiger partial charge in [-0.25, -0.2) is 13.4 Å². The van der Waals surface area contributed by atoms with Gasteiger partial charge in [0.2, 0.25) is 5.78 Å². The Hall–Kier alpha value is -3.79. The van der Waals surface area contributed by atoms with Crippen molar-refractivity contribution < 1.29 is 13.2 Å². The quantitative estimate of drug-likeness (QED) is 0.313. The van der Waals surface area contributed by atoms with Gasteiger partial charge in [-0.15, -0.1) is 21.5 Å². The lowest BCUT2D eigenvalue weighted by molar-refractivity contribution is 0.104. The van der Waals surface area contributed by atoms with Crippen LogP contribution in [0.3, 0.4) is 0 Å². The van der Waals surface area contributed by atoms with Crippen LogP contribution < -0.4 is 16.2 Å². The van der Waals surface area contributed by atoms with Crippen LogP contribution >= 0.6 is 22.9 Å². The normalized spacial score (nSPS) is 11.5. The van der Waals surface area contributed by atoms with E-state index in [0.717, 1.165) is 11.3 Å². The summed E-state index contributed by atoms with van der Waals surface area (Å²) in [5.41, 5.74) is 13.6. The molecule has 0 amide bonds. The molecule has 0 aliphatic rings. The van der Waals surface area contributed by atoms with Gasteiger partial charge in [0.1, 0.15) is 21.6 Å². The molecule has 13 heteroatoms. The number of nitrogens with zero attached hydrogens (tertiary/aromatic N) is 4. The van der Waals surface area contributed by atoms with Crippen molar-refractivity contribution in [3.05, 3.63) is 63.1 Å². The Morgan fingerprint density at radius 2 is 1.83 bits per heavy atom.